The van der Waals surface area contributed by atoms with Crippen LogP contribution in [0.4, 0.5) is 75.4 Å². The van der Waals surface area contributed by atoms with Crippen LogP contribution in [-0.2, 0) is 28.8 Å². The van der Waals surface area contributed by atoms with E-state index in [0.717, 1.165) is 48.5 Å². The zero-order valence-corrected chi connectivity index (χ0v) is 43.3. The molecule has 0 spiro atoms. The Labute approximate surface area is 441 Å². The fraction of sp³-hybridized carbons (Fsp3) is 0.143. The second-order valence-corrected chi connectivity index (χ2v) is 27.8. The Bertz CT molecular complexity index is 3690. The fourth-order valence-corrected chi connectivity index (χ4v) is 19.5. The molecule has 0 fully saturated rings. The van der Waals surface area contributed by atoms with Gasteiger partial charge in [-0.25, -0.2) is 9.80 Å². The molecule has 10 rings (SSSR count). The molecule has 8 aromatic rings. The van der Waals surface area contributed by atoms with Crippen LogP contribution in [0.25, 0.3) is 43.8 Å². The molecule has 0 unspecified atom stereocenters. The van der Waals surface area contributed by atoms with E-state index in [1.807, 2.05) is 26.2 Å². The van der Waals surface area contributed by atoms with Crippen molar-refractivity contribution in [1.82, 2.24) is 0 Å². The van der Waals surface area contributed by atoms with Crippen LogP contribution in [0.1, 0.15) is 63.7 Å². The van der Waals surface area contributed by atoms with Crippen LogP contribution >= 0.6 is 0 Å². The summed E-state index contributed by atoms with van der Waals surface area (Å²) in [6.45, 7) is 7.40. The molecule has 0 aliphatic carbocycles. The van der Waals surface area contributed by atoms with Crippen molar-refractivity contribution < 1.29 is 76.0 Å². The first-order chi connectivity index (χ1) is 36.7. The molecule has 0 bridgehead atoms. The highest BCUT2D eigenvalue weighted by atomic mass is 28.4. The number of nitrogens with zero attached hydrogens (tertiary/aromatic N) is 2. The molecule has 2 aliphatic rings. The van der Waals surface area contributed by atoms with Crippen LogP contribution in [0.2, 0.25) is 26.2 Å². The van der Waals surface area contributed by atoms with Gasteiger partial charge in [0, 0.05) is 44.4 Å². The summed E-state index contributed by atoms with van der Waals surface area (Å²) in [5.41, 5.74) is -0.328. The molecular formula is C56H38F12N4O5Si2. The van der Waals surface area contributed by atoms with Crippen LogP contribution in [0.5, 0.6) is 0 Å². The number of amides is 4. The van der Waals surface area contributed by atoms with Gasteiger partial charge in [0.15, 0.2) is 0 Å². The average Bonchev–Trinajstić information content (AvgIpc) is 3.45. The number of imide groups is 2. The molecule has 9 nitrogen and oxygen atoms in total. The quantitative estimate of drug-likeness (QED) is 0.0669. The number of nitrogen functional groups attached to an aromatic ring is 2. The number of halogens is 12. The lowest BCUT2D eigenvalue weighted by Gasteiger charge is -2.37. The van der Waals surface area contributed by atoms with E-state index in [1.54, 1.807) is 24.3 Å². The summed E-state index contributed by atoms with van der Waals surface area (Å²) in [5.74, 6) is -4.05. The van der Waals surface area contributed by atoms with Gasteiger partial charge in [0.25, 0.3) is 23.6 Å². The molecule has 0 saturated heterocycles. The number of hydrogen-bond donors (Lipinski definition) is 2. The second kappa shape index (κ2) is 18.1. The summed E-state index contributed by atoms with van der Waals surface area (Å²) in [7, 11) is -6.52. The maximum absolute atomic E-state index is 14.8. The lowest BCUT2D eigenvalue weighted by molar-refractivity contribution is -0.139. The van der Waals surface area contributed by atoms with E-state index in [0.29, 0.717) is 55.2 Å². The number of carbonyl (C=O) groups excluding carboxylic acids is 4. The number of nitrogens with two attached hydrogens (primary N) is 2. The minimum Gasteiger partial charge on any atom is -0.449 e. The van der Waals surface area contributed by atoms with E-state index in [-0.39, 0.29) is 44.4 Å². The molecule has 23 heteroatoms. The standard InChI is InChI=1S/C56H38F12N4O5Si2/c1-78(2,45-21-19-39-47-35(45)7-5-9-37(47)49(73)71(51(39)75)29-13-17-33(43(25-29)55(63,64)65)31-15-11-27(69)23-41(31)53(57,58)59)77-79(3,4)46-22-20-40-48-36(46)8-6-10-38(48)50(74)72(52(40)76)30-14-18-34(44(26-30)56(66,67)68)32-16-12-28(70)24-42(32)54(60,61)62/h5-26H,69-70H2,1-4H3. The van der Waals surface area contributed by atoms with Gasteiger partial charge in [0.2, 0.25) is 16.6 Å². The Hall–Kier alpha value is -8.29. The van der Waals surface area contributed by atoms with E-state index in [4.69, 9.17) is 15.6 Å². The highest BCUT2D eigenvalue weighted by molar-refractivity contribution is 6.98. The highest BCUT2D eigenvalue weighted by Gasteiger charge is 2.46. The van der Waals surface area contributed by atoms with Gasteiger partial charge in [-0.3, -0.25) is 19.2 Å². The van der Waals surface area contributed by atoms with Crippen LogP contribution in [-0.4, -0.2) is 40.3 Å². The summed E-state index contributed by atoms with van der Waals surface area (Å²) in [6, 6.07) is 24.1. The Balaban J connectivity index is 0.980. The fourth-order valence-electron chi connectivity index (χ4n) is 10.8. The Morgan fingerprint density at radius 3 is 0.962 bits per heavy atom. The Kier molecular flexibility index (Phi) is 12.4. The van der Waals surface area contributed by atoms with E-state index in [1.165, 1.54) is 36.4 Å². The van der Waals surface area contributed by atoms with E-state index in [9.17, 15) is 71.9 Å². The molecule has 404 valence electrons. The highest BCUT2D eigenvalue weighted by Crippen LogP contribution is 2.48. The molecule has 79 heavy (non-hydrogen) atoms. The van der Waals surface area contributed by atoms with E-state index >= 15 is 0 Å². The zero-order chi connectivity index (χ0) is 57.4. The van der Waals surface area contributed by atoms with Gasteiger partial charge in [0.1, 0.15) is 0 Å². The van der Waals surface area contributed by atoms with Crippen LogP contribution in [0.3, 0.4) is 0 Å². The topological polar surface area (TPSA) is 136 Å². The molecule has 8 aromatic carbocycles. The maximum atomic E-state index is 14.8. The molecule has 0 atom stereocenters. The second-order valence-electron chi connectivity index (χ2n) is 19.9. The summed E-state index contributed by atoms with van der Waals surface area (Å²) >= 11 is 0. The van der Waals surface area contributed by atoms with Crippen molar-refractivity contribution >= 4 is 94.9 Å². The minimum atomic E-state index is -5.26. The predicted octanol–water partition coefficient (Wildman–Crippen LogP) is 13.7. The van der Waals surface area contributed by atoms with Crippen molar-refractivity contribution in [2.75, 3.05) is 21.3 Å². The summed E-state index contributed by atoms with van der Waals surface area (Å²) in [4.78, 5) is 58.5. The van der Waals surface area contributed by atoms with Crippen molar-refractivity contribution in [3.8, 4) is 22.3 Å². The van der Waals surface area contributed by atoms with Gasteiger partial charge >= 0.3 is 24.7 Å². The van der Waals surface area contributed by atoms with Crippen LogP contribution < -0.4 is 31.6 Å². The number of hydrogen-bond acceptors (Lipinski definition) is 7. The third-order valence-electron chi connectivity index (χ3n) is 14.0. The largest absolute Gasteiger partial charge is 0.449 e. The zero-order valence-electron chi connectivity index (χ0n) is 41.3. The summed E-state index contributed by atoms with van der Waals surface area (Å²) < 4.78 is 180. The van der Waals surface area contributed by atoms with Gasteiger partial charge in [-0.1, -0.05) is 60.7 Å². The number of carbonyl (C=O) groups is 4. The molecule has 0 saturated carbocycles. The summed E-state index contributed by atoms with van der Waals surface area (Å²) in [6.07, 6.45) is -20.7. The lowest BCUT2D eigenvalue weighted by atomic mass is 9.91. The van der Waals surface area contributed by atoms with Crippen molar-refractivity contribution in [2.24, 2.45) is 0 Å². The van der Waals surface area contributed by atoms with Crippen molar-refractivity contribution in [2.45, 2.75) is 50.9 Å². The first kappa shape index (κ1) is 54.1. The van der Waals surface area contributed by atoms with Crippen molar-refractivity contribution in [3.05, 3.63) is 178 Å². The average molecular weight is 1130 g/mol. The smallest absolute Gasteiger partial charge is 0.417 e. The van der Waals surface area contributed by atoms with Gasteiger partial charge in [-0.15, -0.1) is 0 Å². The van der Waals surface area contributed by atoms with Crippen molar-refractivity contribution in [1.29, 1.82) is 0 Å². The van der Waals surface area contributed by atoms with Gasteiger partial charge in [-0.05, 0) is 142 Å². The monoisotopic (exact) mass is 1130 g/mol. The lowest BCUT2D eigenvalue weighted by Crippen LogP contribution is -2.58. The maximum Gasteiger partial charge on any atom is 0.417 e. The molecule has 4 N–H and O–H groups in total. The third kappa shape index (κ3) is 9.07. The SMILES string of the molecule is C[Si](C)(O[Si](C)(C)c1ccc2c3c(cccc13)C(=O)N(c1ccc(-c3ccc(N)cc3C(F)(F)F)c(C(F)(F)F)c1)C2=O)c1ccc2c3c(cccc13)C(=O)N(c1ccc(-c3ccc(N)cc3C(F)(F)F)c(C(F)(F)F)c1)C2=O. The normalized spacial score (nSPS) is 14.5. The minimum absolute atomic E-state index is 0.0688. The number of rotatable bonds is 8. The van der Waals surface area contributed by atoms with Gasteiger partial charge in [-0.2, -0.15) is 52.7 Å². The van der Waals surface area contributed by atoms with E-state index in [2.05, 4.69) is 0 Å². The molecule has 0 aromatic heterocycles. The number of benzene rings is 8. The molecule has 4 amide bonds. The van der Waals surface area contributed by atoms with Crippen LogP contribution in [0, 0.1) is 0 Å². The Morgan fingerprint density at radius 1 is 0.367 bits per heavy atom. The predicted molar refractivity (Wildman–Crippen MR) is 278 cm³/mol. The molecular weight excluding hydrogens is 1090 g/mol. The third-order valence-corrected chi connectivity index (χ3v) is 21.6. The number of alkyl halides is 12. The van der Waals surface area contributed by atoms with Gasteiger partial charge in [0.05, 0.1) is 33.6 Å². The van der Waals surface area contributed by atoms with Crippen LogP contribution in [0.15, 0.2) is 133 Å². The molecule has 0 radical (unpaired) electrons. The molecule has 2 aliphatic heterocycles. The van der Waals surface area contributed by atoms with Gasteiger partial charge < -0.3 is 15.6 Å². The van der Waals surface area contributed by atoms with Crippen molar-refractivity contribution in [3.63, 3.8) is 0 Å². The summed E-state index contributed by atoms with van der Waals surface area (Å²) in [5, 5.41) is 2.36. The van der Waals surface area contributed by atoms with E-state index < -0.39 is 121 Å². The number of anilines is 4. The molecule has 2 heterocycles. The Morgan fingerprint density at radius 2 is 0.646 bits per heavy atom. The first-order valence-corrected chi connectivity index (χ1v) is 29.5. The first-order valence-electron chi connectivity index (χ1n) is 23.7.